The van der Waals surface area contributed by atoms with E-state index >= 15 is 0 Å². The summed E-state index contributed by atoms with van der Waals surface area (Å²) in [5.41, 5.74) is 1.95. The van der Waals surface area contributed by atoms with Crippen LogP contribution in [0, 0.1) is 6.92 Å². The van der Waals surface area contributed by atoms with Crippen LogP contribution < -0.4 is 5.32 Å². The second-order valence-corrected chi connectivity index (χ2v) is 7.45. The van der Waals surface area contributed by atoms with Crippen molar-refractivity contribution >= 4 is 22.8 Å². The number of nitrogens with one attached hydrogen (secondary N) is 1. The number of carbonyl (C=O) groups excluding carboxylic acids is 1. The lowest BCUT2D eigenvalue weighted by atomic mass is 9.92. The monoisotopic (exact) mass is 435 g/mol. The first-order valence-electron chi connectivity index (χ1n) is 9.62. The smallest absolute Gasteiger partial charge is 0.370 e. The van der Waals surface area contributed by atoms with Gasteiger partial charge in [0.25, 0.3) is 0 Å². The van der Waals surface area contributed by atoms with Crippen LogP contribution in [-0.2, 0) is 20.9 Å². The second-order valence-electron chi connectivity index (χ2n) is 7.45. The van der Waals surface area contributed by atoms with Gasteiger partial charge in [0.2, 0.25) is 11.7 Å². The lowest BCUT2D eigenvalue weighted by Gasteiger charge is -2.39. The molecule has 1 aromatic heterocycles. The van der Waals surface area contributed by atoms with Gasteiger partial charge in [-0.2, -0.15) is 5.10 Å². The topological polar surface area (TPSA) is 174 Å². The van der Waals surface area contributed by atoms with Gasteiger partial charge in [0, 0.05) is 24.1 Å². The van der Waals surface area contributed by atoms with Gasteiger partial charge < -0.3 is 35.6 Å². The number of aryl methyl sites for hydroxylation is 1. The van der Waals surface area contributed by atoms with E-state index in [2.05, 4.69) is 10.4 Å². The first kappa shape index (κ1) is 22.7. The van der Waals surface area contributed by atoms with Crippen molar-refractivity contribution in [1.29, 1.82) is 0 Å². The summed E-state index contributed by atoms with van der Waals surface area (Å²) >= 11 is 0. The third kappa shape index (κ3) is 4.39. The minimum atomic E-state index is -1.70. The highest BCUT2D eigenvalue weighted by atomic mass is 16.5. The maximum absolute atomic E-state index is 11.9. The number of benzene rings is 1. The predicted octanol–water partition coefficient (Wildman–Crippen LogP) is -1.04. The van der Waals surface area contributed by atoms with Crippen LogP contribution in [-0.4, -0.2) is 78.2 Å². The summed E-state index contributed by atoms with van der Waals surface area (Å²) in [6.45, 7) is 2.05. The molecule has 0 radical (unpaired) electrons. The zero-order valence-electron chi connectivity index (χ0n) is 17.0. The Morgan fingerprint density at radius 1 is 1.29 bits per heavy atom. The van der Waals surface area contributed by atoms with Crippen molar-refractivity contribution in [3.8, 4) is 0 Å². The molecular weight excluding hydrogens is 410 g/mol. The molecule has 6 N–H and O–H groups in total. The number of aliphatic carboxylic acids is 1. The lowest BCUT2D eigenvalue weighted by Crippen LogP contribution is -2.58. The average Bonchev–Trinajstić information content (AvgIpc) is 3.18. The van der Waals surface area contributed by atoms with E-state index in [9.17, 15) is 35.1 Å². The van der Waals surface area contributed by atoms with E-state index in [0.717, 1.165) is 10.9 Å². The molecule has 0 bridgehead atoms. The summed E-state index contributed by atoms with van der Waals surface area (Å²) in [6, 6.07) is 1.61. The number of carboxylic acids is 1. The molecule has 0 unspecified atom stereocenters. The molecule has 0 aliphatic carbocycles. The summed E-state index contributed by atoms with van der Waals surface area (Å²) in [6.07, 6.45) is -1.83. The molecular formula is C20H25N3O8. The number of aromatic nitrogens is 2. The van der Waals surface area contributed by atoms with Crippen LogP contribution in [0.25, 0.3) is 10.9 Å². The number of nitrogens with zero attached hydrogens (tertiary/aromatic N) is 2. The van der Waals surface area contributed by atoms with Gasteiger partial charge in [-0.1, -0.05) is 12.1 Å². The number of carboxylic acid groups (broad SMARTS) is 1. The number of aliphatic hydroxyl groups excluding tert-OH is 4. The van der Waals surface area contributed by atoms with Gasteiger partial charge in [0.1, 0.15) is 18.3 Å². The number of carbonyl (C=O) groups is 2. The SMILES string of the molecule is CC(=O)N[C@H]1[C@H]([C@H](O)[C@H](O)CO)OC(C(=O)O)=C[C@@H]1n1cc2c(C)ccc(CO)c2n1. The van der Waals surface area contributed by atoms with Gasteiger partial charge in [-0.25, -0.2) is 4.79 Å². The summed E-state index contributed by atoms with van der Waals surface area (Å²) in [5.74, 6) is -2.39. The maximum Gasteiger partial charge on any atom is 0.370 e. The van der Waals surface area contributed by atoms with Crippen LogP contribution in [0.5, 0.6) is 0 Å². The van der Waals surface area contributed by atoms with Crippen molar-refractivity contribution in [1.82, 2.24) is 15.1 Å². The number of fused-ring (bicyclic) bond motifs is 1. The minimum absolute atomic E-state index is 0.253. The number of ether oxygens (including phenoxy) is 1. The number of rotatable bonds is 7. The molecule has 3 rings (SSSR count). The molecule has 1 aliphatic heterocycles. The van der Waals surface area contributed by atoms with E-state index in [-0.39, 0.29) is 6.61 Å². The molecule has 11 nitrogen and oxygen atoms in total. The van der Waals surface area contributed by atoms with E-state index in [0.29, 0.717) is 11.1 Å². The van der Waals surface area contributed by atoms with Crippen LogP contribution in [0.2, 0.25) is 0 Å². The number of aliphatic hydroxyl groups is 4. The first-order valence-corrected chi connectivity index (χ1v) is 9.62. The molecule has 0 saturated carbocycles. The third-order valence-corrected chi connectivity index (χ3v) is 5.28. The zero-order valence-corrected chi connectivity index (χ0v) is 17.0. The summed E-state index contributed by atoms with van der Waals surface area (Å²) in [4.78, 5) is 23.5. The molecule has 2 aromatic rings. The maximum atomic E-state index is 11.9. The molecule has 31 heavy (non-hydrogen) atoms. The van der Waals surface area contributed by atoms with Crippen LogP contribution >= 0.6 is 0 Å². The van der Waals surface area contributed by atoms with Gasteiger partial charge in [0.05, 0.1) is 30.8 Å². The second kappa shape index (κ2) is 9.02. The Morgan fingerprint density at radius 3 is 2.58 bits per heavy atom. The van der Waals surface area contributed by atoms with E-state index in [1.54, 1.807) is 12.3 Å². The van der Waals surface area contributed by atoms with Crippen LogP contribution in [0.1, 0.15) is 24.1 Å². The zero-order chi connectivity index (χ0) is 22.9. The van der Waals surface area contributed by atoms with Gasteiger partial charge in [0.15, 0.2) is 0 Å². The molecule has 168 valence electrons. The molecule has 1 aliphatic rings. The molecule has 11 heteroatoms. The standard InChI is InChI=1S/C20H25N3O8/c1-9-3-4-11(7-24)16-12(9)6-23(22-16)13-5-15(20(29)30)31-19(17(13)21-10(2)26)18(28)14(27)8-25/h3-6,13-14,17-19,24-25,27-28H,7-8H2,1-2H3,(H,21,26)(H,29,30)/t13-,14+,17+,18+,19+/m0/s1. The number of hydrogen-bond donors (Lipinski definition) is 6. The fourth-order valence-corrected chi connectivity index (χ4v) is 3.68. The Bertz CT molecular complexity index is 1020. The van der Waals surface area contributed by atoms with Gasteiger partial charge >= 0.3 is 5.97 Å². The van der Waals surface area contributed by atoms with Crippen LogP contribution in [0.3, 0.4) is 0 Å². The molecule has 2 heterocycles. The van der Waals surface area contributed by atoms with Crippen LogP contribution in [0.4, 0.5) is 0 Å². The van der Waals surface area contributed by atoms with Crippen molar-refractivity contribution in [2.45, 2.75) is 50.8 Å². The van der Waals surface area contributed by atoms with Gasteiger partial charge in [-0.3, -0.25) is 9.48 Å². The number of amides is 1. The minimum Gasteiger partial charge on any atom is -0.478 e. The highest BCUT2D eigenvalue weighted by molar-refractivity contribution is 5.86. The molecule has 1 aromatic carbocycles. The Morgan fingerprint density at radius 2 is 2.00 bits per heavy atom. The quantitative estimate of drug-likeness (QED) is 0.317. The molecule has 0 saturated heterocycles. The fourth-order valence-electron chi connectivity index (χ4n) is 3.68. The largest absolute Gasteiger partial charge is 0.478 e. The normalized spacial score (nSPS) is 23.0. The van der Waals surface area contributed by atoms with Crippen molar-refractivity contribution in [3.63, 3.8) is 0 Å². The Labute approximate surface area is 177 Å². The van der Waals surface area contributed by atoms with Crippen molar-refractivity contribution in [2.75, 3.05) is 6.61 Å². The highest BCUT2D eigenvalue weighted by Crippen LogP contribution is 2.32. The van der Waals surface area contributed by atoms with E-state index in [4.69, 9.17) is 4.74 Å². The predicted molar refractivity (Wildman–Crippen MR) is 107 cm³/mol. The first-order chi connectivity index (χ1) is 14.7. The summed E-state index contributed by atoms with van der Waals surface area (Å²) < 4.78 is 6.81. The molecule has 0 spiro atoms. The average molecular weight is 435 g/mol. The van der Waals surface area contributed by atoms with E-state index < -0.39 is 54.6 Å². The Hall–Kier alpha value is -2.99. The van der Waals surface area contributed by atoms with E-state index in [1.807, 2.05) is 13.0 Å². The third-order valence-electron chi connectivity index (χ3n) is 5.28. The van der Waals surface area contributed by atoms with E-state index in [1.165, 1.54) is 17.7 Å². The van der Waals surface area contributed by atoms with Crippen LogP contribution in [0.15, 0.2) is 30.2 Å². The molecule has 0 fully saturated rings. The molecule has 1 amide bonds. The summed E-state index contributed by atoms with van der Waals surface area (Å²) in [5, 5.41) is 56.6. The Kier molecular flexibility index (Phi) is 6.60. The van der Waals surface area contributed by atoms with Crippen molar-refractivity contribution in [3.05, 3.63) is 41.3 Å². The lowest BCUT2D eigenvalue weighted by molar-refractivity contribution is -0.147. The van der Waals surface area contributed by atoms with Crippen molar-refractivity contribution in [2.24, 2.45) is 0 Å². The number of hydrogen-bond acceptors (Lipinski definition) is 8. The van der Waals surface area contributed by atoms with Gasteiger partial charge in [-0.15, -0.1) is 0 Å². The van der Waals surface area contributed by atoms with Crippen molar-refractivity contribution < 1.29 is 39.9 Å². The Balaban J connectivity index is 2.17. The highest BCUT2D eigenvalue weighted by Gasteiger charge is 2.44. The summed E-state index contributed by atoms with van der Waals surface area (Å²) in [7, 11) is 0. The fraction of sp³-hybridized carbons (Fsp3) is 0.450. The molecule has 5 atom stereocenters. The van der Waals surface area contributed by atoms with Gasteiger partial charge in [-0.05, 0) is 18.6 Å².